The summed E-state index contributed by atoms with van der Waals surface area (Å²) in [7, 11) is 0. The van der Waals surface area contributed by atoms with Crippen molar-refractivity contribution in [3.8, 4) is 12.3 Å². The van der Waals surface area contributed by atoms with Gasteiger partial charge in [-0.1, -0.05) is 0 Å². The van der Waals surface area contributed by atoms with Crippen LogP contribution in [0.4, 0.5) is 0 Å². The molecule has 0 aliphatic rings. The third-order valence-corrected chi connectivity index (χ3v) is 1.50. The standard InChI is InChI=1S/C10H9NO/c1-2-3-4-10(12)9-5-7-11-8-6-9/h1,5-8H,3-4H2. The summed E-state index contributed by atoms with van der Waals surface area (Å²) in [5, 5.41) is 0. The highest BCUT2D eigenvalue weighted by molar-refractivity contribution is 5.95. The Morgan fingerprint density at radius 1 is 1.50 bits per heavy atom. The van der Waals surface area contributed by atoms with Crippen LogP contribution in [0.25, 0.3) is 0 Å². The zero-order valence-electron chi connectivity index (χ0n) is 6.66. The molecule has 0 atom stereocenters. The number of terminal acetylenes is 1. The number of ketones is 1. The van der Waals surface area contributed by atoms with Crippen molar-refractivity contribution in [1.82, 2.24) is 4.98 Å². The number of carbonyl (C=O) groups is 1. The van der Waals surface area contributed by atoms with Crippen molar-refractivity contribution >= 4 is 5.78 Å². The summed E-state index contributed by atoms with van der Waals surface area (Å²) >= 11 is 0. The maximum Gasteiger partial charge on any atom is 0.163 e. The molecule has 0 aliphatic heterocycles. The molecular weight excluding hydrogens is 150 g/mol. The van der Waals surface area contributed by atoms with Crippen LogP contribution in [-0.4, -0.2) is 10.8 Å². The quantitative estimate of drug-likeness (QED) is 0.496. The Hall–Kier alpha value is -1.62. The molecule has 0 aromatic carbocycles. The predicted molar refractivity (Wildman–Crippen MR) is 46.6 cm³/mol. The van der Waals surface area contributed by atoms with E-state index in [2.05, 4.69) is 10.9 Å². The van der Waals surface area contributed by atoms with Crippen LogP contribution in [0.2, 0.25) is 0 Å². The molecule has 0 spiro atoms. The molecule has 0 saturated carbocycles. The Morgan fingerprint density at radius 2 is 2.17 bits per heavy atom. The van der Waals surface area contributed by atoms with Gasteiger partial charge in [0.15, 0.2) is 5.78 Å². The average molecular weight is 159 g/mol. The van der Waals surface area contributed by atoms with Crippen LogP contribution in [0.5, 0.6) is 0 Å². The molecule has 0 radical (unpaired) electrons. The molecule has 0 aliphatic carbocycles. The normalized spacial score (nSPS) is 8.92. The second kappa shape index (κ2) is 4.30. The van der Waals surface area contributed by atoms with E-state index in [4.69, 9.17) is 6.42 Å². The van der Waals surface area contributed by atoms with E-state index in [0.29, 0.717) is 18.4 Å². The van der Waals surface area contributed by atoms with Crippen LogP contribution in [0.3, 0.4) is 0 Å². The average Bonchev–Trinajstić information content (AvgIpc) is 2.15. The van der Waals surface area contributed by atoms with Crippen molar-refractivity contribution in [2.75, 3.05) is 0 Å². The zero-order chi connectivity index (χ0) is 8.81. The van der Waals surface area contributed by atoms with E-state index in [1.54, 1.807) is 24.5 Å². The van der Waals surface area contributed by atoms with Crippen molar-refractivity contribution in [3.63, 3.8) is 0 Å². The molecule has 1 aromatic rings. The fraction of sp³-hybridized carbons (Fsp3) is 0.200. The van der Waals surface area contributed by atoms with E-state index in [-0.39, 0.29) is 5.78 Å². The summed E-state index contributed by atoms with van der Waals surface area (Å²) in [4.78, 5) is 15.1. The van der Waals surface area contributed by atoms with Crippen LogP contribution in [-0.2, 0) is 0 Å². The van der Waals surface area contributed by atoms with E-state index in [0.717, 1.165) is 0 Å². The van der Waals surface area contributed by atoms with Gasteiger partial charge in [-0.3, -0.25) is 9.78 Å². The maximum absolute atomic E-state index is 11.3. The molecule has 0 saturated heterocycles. The highest BCUT2D eigenvalue weighted by atomic mass is 16.1. The first-order valence-corrected chi connectivity index (χ1v) is 3.71. The molecule has 1 heterocycles. The van der Waals surface area contributed by atoms with E-state index in [1.165, 1.54) is 0 Å². The Bertz CT molecular complexity index is 297. The molecule has 2 nitrogen and oxygen atoms in total. The van der Waals surface area contributed by atoms with Crippen LogP contribution in [0, 0.1) is 12.3 Å². The van der Waals surface area contributed by atoms with E-state index < -0.39 is 0 Å². The van der Waals surface area contributed by atoms with E-state index in [1.807, 2.05) is 0 Å². The Balaban J connectivity index is 2.61. The summed E-state index contributed by atoms with van der Waals surface area (Å²) in [6, 6.07) is 3.39. The van der Waals surface area contributed by atoms with Crippen LogP contribution in [0.1, 0.15) is 23.2 Å². The Kier molecular flexibility index (Phi) is 3.04. The molecule has 0 amide bonds. The smallest absolute Gasteiger partial charge is 0.163 e. The monoisotopic (exact) mass is 159 g/mol. The van der Waals surface area contributed by atoms with Crippen molar-refractivity contribution in [2.24, 2.45) is 0 Å². The first-order chi connectivity index (χ1) is 5.84. The minimum absolute atomic E-state index is 0.0790. The van der Waals surface area contributed by atoms with E-state index in [9.17, 15) is 4.79 Å². The minimum Gasteiger partial charge on any atom is -0.294 e. The third-order valence-electron chi connectivity index (χ3n) is 1.50. The second-order valence-corrected chi connectivity index (χ2v) is 2.36. The maximum atomic E-state index is 11.3. The molecule has 1 rings (SSSR count). The highest BCUT2D eigenvalue weighted by Gasteiger charge is 2.02. The Morgan fingerprint density at radius 3 is 2.75 bits per heavy atom. The molecule has 0 fully saturated rings. The largest absolute Gasteiger partial charge is 0.294 e. The van der Waals surface area contributed by atoms with Gasteiger partial charge in [0.25, 0.3) is 0 Å². The van der Waals surface area contributed by atoms with Crippen LogP contribution >= 0.6 is 0 Å². The number of nitrogens with zero attached hydrogens (tertiary/aromatic N) is 1. The van der Waals surface area contributed by atoms with Gasteiger partial charge in [0.2, 0.25) is 0 Å². The zero-order valence-corrected chi connectivity index (χ0v) is 6.66. The first kappa shape index (κ1) is 8.48. The molecule has 0 N–H and O–H groups in total. The number of Topliss-reactive ketones (excluding diaryl/α,β-unsaturated/α-hetero) is 1. The number of hydrogen-bond acceptors (Lipinski definition) is 2. The van der Waals surface area contributed by atoms with Gasteiger partial charge in [0, 0.05) is 30.8 Å². The van der Waals surface area contributed by atoms with Crippen LogP contribution in [0.15, 0.2) is 24.5 Å². The number of carbonyl (C=O) groups excluding carboxylic acids is 1. The number of pyridine rings is 1. The van der Waals surface area contributed by atoms with Crippen molar-refractivity contribution in [2.45, 2.75) is 12.8 Å². The van der Waals surface area contributed by atoms with Crippen LogP contribution < -0.4 is 0 Å². The van der Waals surface area contributed by atoms with Gasteiger partial charge in [-0.15, -0.1) is 12.3 Å². The summed E-state index contributed by atoms with van der Waals surface area (Å²) < 4.78 is 0. The number of hydrogen-bond donors (Lipinski definition) is 0. The Labute approximate surface area is 71.6 Å². The van der Waals surface area contributed by atoms with Gasteiger partial charge in [-0.05, 0) is 12.1 Å². The molecule has 2 heteroatoms. The van der Waals surface area contributed by atoms with E-state index >= 15 is 0 Å². The van der Waals surface area contributed by atoms with Gasteiger partial charge in [-0.2, -0.15) is 0 Å². The van der Waals surface area contributed by atoms with Crippen molar-refractivity contribution < 1.29 is 4.79 Å². The lowest BCUT2D eigenvalue weighted by molar-refractivity contribution is 0.0984. The summed E-state index contributed by atoms with van der Waals surface area (Å²) in [6.45, 7) is 0. The topological polar surface area (TPSA) is 30.0 Å². The molecule has 0 bridgehead atoms. The van der Waals surface area contributed by atoms with Gasteiger partial charge in [-0.25, -0.2) is 0 Å². The van der Waals surface area contributed by atoms with Gasteiger partial charge in [0.05, 0.1) is 0 Å². The van der Waals surface area contributed by atoms with Crippen molar-refractivity contribution in [1.29, 1.82) is 0 Å². The summed E-state index contributed by atoms with van der Waals surface area (Å²) in [5.74, 6) is 2.51. The SMILES string of the molecule is C#CCCC(=O)c1ccncc1. The third kappa shape index (κ3) is 2.21. The number of aromatic nitrogens is 1. The van der Waals surface area contributed by atoms with Gasteiger partial charge < -0.3 is 0 Å². The summed E-state index contributed by atoms with van der Waals surface area (Å²) in [5.41, 5.74) is 0.681. The minimum atomic E-state index is 0.0790. The van der Waals surface area contributed by atoms with Gasteiger partial charge >= 0.3 is 0 Å². The lowest BCUT2D eigenvalue weighted by Crippen LogP contribution is -1.97. The van der Waals surface area contributed by atoms with Crippen molar-refractivity contribution in [3.05, 3.63) is 30.1 Å². The predicted octanol–water partition coefficient (Wildman–Crippen LogP) is 1.68. The number of rotatable bonds is 3. The first-order valence-electron chi connectivity index (χ1n) is 3.71. The molecule has 1 aromatic heterocycles. The highest BCUT2D eigenvalue weighted by Crippen LogP contribution is 2.02. The lowest BCUT2D eigenvalue weighted by Gasteiger charge is -1.95. The fourth-order valence-corrected chi connectivity index (χ4v) is 0.868. The summed E-state index contributed by atoms with van der Waals surface area (Å²) in [6.07, 6.45) is 9.16. The lowest BCUT2D eigenvalue weighted by atomic mass is 10.1. The molecule has 60 valence electrons. The van der Waals surface area contributed by atoms with Gasteiger partial charge in [0.1, 0.15) is 0 Å². The fourth-order valence-electron chi connectivity index (χ4n) is 0.868. The molecule has 12 heavy (non-hydrogen) atoms. The second-order valence-electron chi connectivity index (χ2n) is 2.36. The molecule has 0 unspecified atom stereocenters. The molecular formula is C10H9NO.